The Morgan fingerprint density at radius 2 is 2.15 bits per heavy atom. The second-order valence-corrected chi connectivity index (χ2v) is 2.87. The zero-order chi connectivity index (χ0) is 9.52. The fraction of sp³-hybridized carbons (Fsp3) is 0.273. The summed E-state index contributed by atoms with van der Waals surface area (Å²) in [6.45, 7) is 3.14. The Morgan fingerprint density at radius 3 is 2.85 bits per heavy atom. The largest absolute Gasteiger partial charge is 0.405 e. The molecule has 0 spiro atoms. The van der Waals surface area contributed by atoms with Crippen molar-refractivity contribution in [3.63, 3.8) is 0 Å². The average molecular weight is 176 g/mol. The predicted octanol–water partition coefficient (Wildman–Crippen LogP) is 2.44. The lowest BCUT2D eigenvalue weighted by molar-refractivity contribution is 0.979. The van der Waals surface area contributed by atoms with E-state index in [4.69, 9.17) is 5.73 Å². The summed E-state index contributed by atoms with van der Waals surface area (Å²) in [4.78, 5) is 0. The SMILES string of the molecule is CCCNc1ccccc1/C=C\N. The first kappa shape index (κ1) is 9.65. The fourth-order valence-corrected chi connectivity index (χ4v) is 1.17. The molecule has 0 saturated heterocycles. The molecule has 0 saturated carbocycles. The van der Waals surface area contributed by atoms with E-state index < -0.39 is 0 Å². The monoisotopic (exact) mass is 176 g/mol. The van der Waals surface area contributed by atoms with Gasteiger partial charge in [-0.1, -0.05) is 25.1 Å². The minimum atomic E-state index is 0.995. The average Bonchev–Trinajstić information content (AvgIpc) is 2.17. The standard InChI is InChI=1S/C11H16N2/c1-2-9-13-11-6-4-3-5-10(11)7-8-12/h3-8,13H,2,9,12H2,1H3/b8-7-. The highest BCUT2D eigenvalue weighted by atomic mass is 14.9. The van der Waals surface area contributed by atoms with Gasteiger partial charge < -0.3 is 11.1 Å². The van der Waals surface area contributed by atoms with Gasteiger partial charge in [-0.3, -0.25) is 0 Å². The van der Waals surface area contributed by atoms with Crippen LogP contribution < -0.4 is 11.1 Å². The van der Waals surface area contributed by atoms with Gasteiger partial charge in [-0.05, 0) is 30.3 Å². The van der Waals surface area contributed by atoms with Gasteiger partial charge >= 0.3 is 0 Å². The molecule has 1 rings (SSSR count). The van der Waals surface area contributed by atoms with E-state index in [-0.39, 0.29) is 0 Å². The number of hydrogen-bond acceptors (Lipinski definition) is 2. The third kappa shape index (κ3) is 2.82. The van der Waals surface area contributed by atoms with Gasteiger partial charge in [-0.25, -0.2) is 0 Å². The number of hydrogen-bond donors (Lipinski definition) is 2. The molecule has 2 heteroatoms. The summed E-state index contributed by atoms with van der Waals surface area (Å²) in [5.41, 5.74) is 7.63. The highest BCUT2D eigenvalue weighted by molar-refractivity contribution is 5.66. The van der Waals surface area contributed by atoms with Crippen molar-refractivity contribution >= 4 is 11.8 Å². The summed E-state index contributed by atoms with van der Waals surface area (Å²) in [6.07, 6.45) is 4.59. The number of para-hydroxylation sites is 1. The van der Waals surface area contributed by atoms with Gasteiger partial charge in [0, 0.05) is 12.2 Å². The van der Waals surface area contributed by atoms with Gasteiger partial charge in [0.05, 0.1) is 0 Å². The quantitative estimate of drug-likeness (QED) is 0.739. The Labute approximate surface area is 79.5 Å². The molecule has 0 fully saturated rings. The minimum Gasteiger partial charge on any atom is -0.405 e. The lowest BCUT2D eigenvalue weighted by Crippen LogP contribution is -2.01. The molecule has 0 radical (unpaired) electrons. The summed E-state index contributed by atoms with van der Waals surface area (Å²) < 4.78 is 0. The zero-order valence-electron chi connectivity index (χ0n) is 7.96. The second kappa shape index (κ2) is 5.25. The highest BCUT2D eigenvalue weighted by Crippen LogP contribution is 2.15. The van der Waals surface area contributed by atoms with Crippen LogP contribution in [0.25, 0.3) is 6.08 Å². The third-order valence-corrected chi connectivity index (χ3v) is 1.80. The Kier molecular flexibility index (Phi) is 3.89. The minimum absolute atomic E-state index is 0.995. The van der Waals surface area contributed by atoms with Gasteiger partial charge in [0.25, 0.3) is 0 Å². The van der Waals surface area contributed by atoms with E-state index >= 15 is 0 Å². The van der Waals surface area contributed by atoms with Crippen LogP contribution in [-0.2, 0) is 0 Å². The van der Waals surface area contributed by atoms with Crippen LogP contribution in [0.3, 0.4) is 0 Å². The topological polar surface area (TPSA) is 38.0 Å². The van der Waals surface area contributed by atoms with Crippen LogP contribution >= 0.6 is 0 Å². The fourth-order valence-electron chi connectivity index (χ4n) is 1.17. The maximum atomic E-state index is 5.35. The molecular formula is C11H16N2. The summed E-state index contributed by atoms with van der Waals surface area (Å²) in [6, 6.07) is 8.13. The van der Waals surface area contributed by atoms with Gasteiger partial charge in [0.1, 0.15) is 0 Å². The Balaban J connectivity index is 2.78. The van der Waals surface area contributed by atoms with E-state index in [1.807, 2.05) is 24.3 Å². The number of nitrogens with one attached hydrogen (secondary N) is 1. The van der Waals surface area contributed by atoms with Crippen LogP contribution in [0.15, 0.2) is 30.5 Å². The first-order valence-electron chi connectivity index (χ1n) is 4.59. The molecule has 0 aliphatic rings. The van der Waals surface area contributed by atoms with Crippen LogP contribution in [-0.4, -0.2) is 6.54 Å². The number of rotatable bonds is 4. The van der Waals surface area contributed by atoms with Gasteiger partial charge in [-0.2, -0.15) is 0 Å². The van der Waals surface area contributed by atoms with Crippen molar-refractivity contribution in [2.75, 3.05) is 11.9 Å². The summed E-state index contributed by atoms with van der Waals surface area (Å²) in [7, 11) is 0. The Morgan fingerprint density at radius 1 is 1.38 bits per heavy atom. The Bertz CT molecular complexity index is 279. The third-order valence-electron chi connectivity index (χ3n) is 1.80. The van der Waals surface area contributed by atoms with Gasteiger partial charge in [0.2, 0.25) is 0 Å². The molecule has 0 atom stereocenters. The summed E-state index contributed by atoms with van der Waals surface area (Å²) in [5, 5.41) is 3.34. The lowest BCUT2D eigenvalue weighted by Gasteiger charge is -2.07. The van der Waals surface area contributed by atoms with Crippen molar-refractivity contribution in [1.29, 1.82) is 0 Å². The molecule has 1 aromatic rings. The predicted molar refractivity (Wildman–Crippen MR) is 58.4 cm³/mol. The van der Waals surface area contributed by atoms with Gasteiger partial charge in [-0.15, -0.1) is 0 Å². The highest BCUT2D eigenvalue weighted by Gasteiger charge is 1.95. The molecule has 13 heavy (non-hydrogen) atoms. The van der Waals surface area contributed by atoms with Crippen molar-refractivity contribution in [2.45, 2.75) is 13.3 Å². The van der Waals surface area contributed by atoms with Crippen LogP contribution in [0.4, 0.5) is 5.69 Å². The number of anilines is 1. The number of nitrogens with two attached hydrogens (primary N) is 1. The molecule has 0 aliphatic heterocycles. The molecule has 0 heterocycles. The van der Waals surface area contributed by atoms with Crippen LogP contribution in [0.1, 0.15) is 18.9 Å². The summed E-state index contributed by atoms with van der Waals surface area (Å²) in [5.74, 6) is 0. The molecular weight excluding hydrogens is 160 g/mol. The summed E-state index contributed by atoms with van der Waals surface area (Å²) >= 11 is 0. The maximum Gasteiger partial charge on any atom is 0.0414 e. The van der Waals surface area contributed by atoms with Crippen molar-refractivity contribution in [3.8, 4) is 0 Å². The van der Waals surface area contributed by atoms with Crippen molar-refractivity contribution in [2.24, 2.45) is 5.73 Å². The number of benzene rings is 1. The molecule has 0 aliphatic carbocycles. The molecule has 0 aromatic heterocycles. The smallest absolute Gasteiger partial charge is 0.0414 e. The van der Waals surface area contributed by atoms with E-state index in [0.29, 0.717) is 0 Å². The van der Waals surface area contributed by atoms with Crippen molar-refractivity contribution in [3.05, 3.63) is 36.0 Å². The first-order chi connectivity index (χ1) is 6.38. The maximum absolute atomic E-state index is 5.35. The van der Waals surface area contributed by atoms with E-state index in [1.165, 1.54) is 0 Å². The van der Waals surface area contributed by atoms with E-state index in [0.717, 1.165) is 24.2 Å². The van der Waals surface area contributed by atoms with Crippen LogP contribution in [0.2, 0.25) is 0 Å². The van der Waals surface area contributed by atoms with Crippen molar-refractivity contribution in [1.82, 2.24) is 0 Å². The van der Waals surface area contributed by atoms with E-state index in [1.54, 1.807) is 6.20 Å². The molecule has 2 nitrogen and oxygen atoms in total. The molecule has 0 unspecified atom stereocenters. The molecule has 0 bridgehead atoms. The van der Waals surface area contributed by atoms with E-state index in [2.05, 4.69) is 18.3 Å². The lowest BCUT2D eigenvalue weighted by atomic mass is 10.1. The molecule has 3 N–H and O–H groups in total. The van der Waals surface area contributed by atoms with Crippen LogP contribution in [0.5, 0.6) is 0 Å². The van der Waals surface area contributed by atoms with Gasteiger partial charge in [0.15, 0.2) is 0 Å². The molecule has 70 valence electrons. The van der Waals surface area contributed by atoms with Crippen molar-refractivity contribution < 1.29 is 0 Å². The molecule has 1 aromatic carbocycles. The van der Waals surface area contributed by atoms with Crippen LogP contribution in [0, 0.1) is 0 Å². The normalized spacial score (nSPS) is 10.5. The molecule has 0 amide bonds. The zero-order valence-corrected chi connectivity index (χ0v) is 7.96. The van der Waals surface area contributed by atoms with E-state index in [9.17, 15) is 0 Å². The second-order valence-electron chi connectivity index (χ2n) is 2.87. The first-order valence-corrected chi connectivity index (χ1v) is 4.59. The Hall–Kier alpha value is -1.44.